The molecule has 1 aromatic carbocycles. The molecule has 27 heavy (non-hydrogen) atoms. The van der Waals surface area contributed by atoms with E-state index in [4.69, 9.17) is 11.6 Å². The van der Waals surface area contributed by atoms with Gasteiger partial charge in [0.15, 0.2) is 0 Å². The SMILES string of the molecule is Fc1ccc(-c2nn3c(Cl)cccc3c2-c2ccnc(NC3CC3)n2)cc1. The number of hydrogen-bond donors (Lipinski definition) is 1. The first-order chi connectivity index (χ1) is 13.2. The molecule has 1 saturated carbocycles. The van der Waals surface area contributed by atoms with E-state index < -0.39 is 0 Å². The van der Waals surface area contributed by atoms with Crippen LogP contribution >= 0.6 is 11.6 Å². The summed E-state index contributed by atoms with van der Waals surface area (Å²) in [7, 11) is 0. The normalized spacial score (nSPS) is 13.9. The van der Waals surface area contributed by atoms with E-state index in [0.29, 0.717) is 22.8 Å². The summed E-state index contributed by atoms with van der Waals surface area (Å²) in [4.78, 5) is 9.00. The third-order valence-corrected chi connectivity index (χ3v) is 4.84. The van der Waals surface area contributed by atoms with Crippen LogP contribution < -0.4 is 5.32 Å². The van der Waals surface area contributed by atoms with Gasteiger partial charge in [0.05, 0.1) is 16.8 Å². The second-order valence-electron chi connectivity index (χ2n) is 6.56. The minimum Gasteiger partial charge on any atom is -0.351 e. The second-order valence-corrected chi connectivity index (χ2v) is 6.95. The molecule has 0 amide bonds. The van der Waals surface area contributed by atoms with Gasteiger partial charge < -0.3 is 5.32 Å². The maximum absolute atomic E-state index is 13.4. The van der Waals surface area contributed by atoms with Crippen molar-refractivity contribution in [1.29, 1.82) is 0 Å². The van der Waals surface area contributed by atoms with Gasteiger partial charge in [-0.3, -0.25) is 0 Å². The van der Waals surface area contributed by atoms with E-state index in [1.807, 2.05) is 18.2 Å². The Morgan fingerprint density at radius 2 is 1.89 bits per heavy atom. The van der Waals surface area contributed by atoms with Gasteiger partial charge in [0.2, 0.25) is 5.95 Å². The van der Waals surface area contributed by atoms with Crippen molar-refractivity contribution in [1.82, 2.24) is 19.6 Å². The average Bonchev–Trinajstić information content (AvgIpc) is 3.39. The van der Waals surface area contributed by atoms with Crippen LogP contribution in [-0.4, -0.2) is 25.6 Å². The number of nitrogens with zero attached hydrogens (tertiary/aromatic N) is 4. The van der Waals surface area contributed by atoms with Crippen LogP contribution in [0.3, 0.4) is 0 Å². The van der Waals surface area contributed by atoms with Crippen molar-refractivity contribution >= 4 is 23.1 Å². The highest BCUT2D eigenvalue weighted by atomic mass is 35.5. The van der Waals surface area contributed by atoms with Gasteiger partial charge in [0.25, 0.3) is 0 Å². The van der Waals surface area contributed by atoms with Crippen molar-refractivity contribution in [3.8, 4) is 22.5 Å². The largest absolute Gasteiger partial charge is 0.351 e. The summed E-state index contributed by atoms with van der Waals surface area (Å²) >= 11 is 6.35. The van der Waals surface area contributed by atoms with Crippen LogP contribution in [0.1, 0.15) is 12.8 Å². The third-order valence-electron chi connectivity index (χ3n) is 4.55. The molecule has 4 aromatic rings. The standard InChI is InChI=1S/C20H15ClFN5/c21-17-3-1-2-16-18(15-10-11-23-20(25-15)24-14-8-9-14)19(26-27(16)17)12-4-6-13(22)7-5-12/h1-7,10-11,14H,8-9H2,(H,23,24,25). The van der Waals surface area contributed by atoms with Crippen LogP contribution in [0, 0.1) is 5.82 Å². The van der Waals surface area contributed by atoms with E-state index in [1.165, 1.54) is 12.1 Å². The molecular weight excluding hydrogens is 365 g/mol. The monoisotopic (exact) mass is 379 g/mol. The zero-order chi connectivity index (χ0) is 18.4. The fraction of sp³-hybridized carbons (Fsp3) is 0.150. The van der Waals surface area contributed by atoms with Gasteiger partial charge in [0, 0.05) is 17.8 Å². The van der Waals surface area contributed by atoms with Crippen LogP contribution in [0.15, 0.2) is 54.7 Å². The van der Waals surface area contributed by atoms with Crippen LogP contribution in [-0.2, 0) is 0 Å². The number of rotatable bonds is 4. The molecule has 5 nitrogen and oxygen atoms in total. The van der Waals surface area contributed by atoms with Crippen LogP contribution in [0.25, 0.3) is 28.0 Å². The molecule has 0 aliphatic heterocycles. The Morgan fingerprint density at radius 3 is 2.67 bits per heavy atom. The maximum atomic E-state index is 13.4. The van der Waals surface area contributed by atoms with Crippen molar-refractivity contribution < 1.29 is 4.39 Å². The molecule has 0 saturated heterocycles. The summed E-state index contributed by atoms with van der Waals surface area (Å²) in [5, 5.41) is 8.49. The zero-order valence-corrected chi connectivity index (χ0v) is 15.0. The molecule has 134 valence electrons. The minimum atomic E-state index is -0.292. The van der Waals surface area contributed by atoms with Crippen LogP contribution in [0.4, 0.5) is 10.3 Å². The van der Waals surface area contributed by atoms with E-state index in [0.717, 1.165) is 35.2 Å². The predicted molar refractivity (Wildman–Crippen MR) is 103 cm³/mol. The van der Waals surface area contributed by atoms with Crippen molar-refractivity contribution in [3.05, 3.63) is 65.7 Å². The summed E-state index contributed by atoms with van der Waals surface area (Å²) in [6, 6.07) is 14.2. The Labute approximate surface area is 159 Å². The molecule has 3 aromatic heterocycles. The van der Waals surface area contributed by atoms with E-state index >= 15 is 0 Å². The highest BCUT2D eigenvalue weighted by Gasteiger charge is 2.23. The lowest BCUT2D eigenvalue weighted by Gasteiger charge is -2.06. The van der Waals surface area contributed by atoms with E-state index in [2.05, 4.69) is 20.4 Å². The number of aromatic nitrogens is 4. The molecule has 7 heteroatoms. The quantitative estimate of drug-likeness (QED) is 0.516. The summed E-state index contributed by atoms with van der Waals surface area (Å²) in [5.41, 5.74) is 3.90. The van der Waals surface area contributed by atoms with E-state index in [-0.39, 0.29) is 5.82 Å². The van der Waals surface area contributed by atoms with Crippen molar-refractivity contribution in [2.24, 2.45) is 0 Å². The summed E-state index contributed by atoms with van der Waals surface area (Å²) in [6.07, 6.45) is 4.01. The summed E-state index contributed by atoms with van der Waals surface area (Å²) in [5.74, 6) is 0.307. The van der Waals surface area contributed by atoms with E-state index in [9.17, 15) is 4.39 Å². The number of pyridine rings is 1. The summed E-state index contributed by atoms with van der Waals surface area (Å²) < 4.78 is 15.1. The van der Waals surface area contributed by atoms with Crippen molar-refractivity contribution in [3.63, 3.8) is 0 Å². The molecule has 0 bridgehead atoms. The average molecular weight is 380 g/mol. The topological polar surface area (TPSA) is 55.1 Å². The molecule has 5 rings (SSSR count). The molecule has 0 spiro atoms. The van der Waals surface area contributed by atoms with Crippen LogP contribution in [0.2, 0.25) is 5.15 Å². The smallest absolute Gasteiger partial charge is 0.223 e. The molecule has 1 fully saturated rings. The molecular formula is C20H15ClFN5. The molecule has 0 atom stereocenters. The number of benzene rings is 1. The van der Waals surface area contributed by atoms with Gasteiger partial charge in [-0.2, -0.15) is 5.10 Å². The first-order valence-corrected chi connectivity index (χ1v) is 9.10. The maximum Gasteiger partial charge on any atom is 0.223 e. The summed E-state index contributed by atoms with van der Waals surface area (Å²) in [6.45, 7) is 0. The zero-order valence-electron chi connectivity index (χ0n) is 14.2. The lowest BCUT2D eigenvalue weighted by atomic mass is 10.0. The second kappa shape index (κ2) is 6.32. The van der Waals surface area contributed by atoms with Gasteiger partial charge >= 0.3 is 0 Å². The predicted octanol–water partition coefficient (Wildman–Crippen LogP) is 4.83. The number of fused-ring (bicyclic) bond motifs is 1. The Morgan fingerprint density at radius 1 is 1.07 bits per heavy atom. The Balaban J connectivity index is 1.73. The van der Waals surface area contributed by atoms with Gasteiger partial charge in [0.1, 0.15) is 16.7 Å². The Bertz CT molecular complexity index is 1140. The molecule has 0 unspecified atom stereocenters. The molecule has 1 aliphatic rings. The molecule has 3 heterocycles. The van der Waals surface area contributed by atoms with Crippen LogP contribution in [0.5, 0.6) is 0 Å². The molecule has 0 radical (unpaired) electrons. The Hall–Kier alpha value is -2.99. The fourth-order valence-electron chi connectivity index (χ4n) is 3.08. The Kier molecular flexibility index (Phi) is 3.79. The highest BCUT2D eigenvalue weighted by molar-refractivity contribution is 6.29. The first kappa shape index (κ1) is 16.2. The minimum absolute atomic E-state index is 0.292. The highest BCUT2D eigenvalue weighted by Crippen LogP contribution is 2.36. The third kappa shape index (κ3) is 3.02. The van der Waals surface area contributed by atoms with Gasteiger partial charge in [-0.1, -0.05) is 17.7 Å². The number of hydrogen-bond acceptors (Lipinski definition) is 4. The van der Waals surface area contributed by atoms with Crippen molar-refractivity contribution in [2.45, 2.75) is 18.9 Å². The number of halogens is 2. The lowest BCUT2D eigenvalue weighted by Crippen LogP contribution is -2.05. The van der Waals surface area contributed by atoms with E-state index in [1.54, 1.807) is 28.9 Å². The first-order valence-electron chi connectivity index (χ1n) is 8.72. The van der Waals surface area contributed by atoms with Gasteiger partial charge in [-0.05, 0) is 55.3 Å². The lowest BCUT2D eigenvalue weighted by molar-refractivity contribution is 0.628. The number of nitrogens with one attached hydrogen (secondary N) is 1. The molecule has 1 aliphatic carbocycles. The number of anilines is 1. The fourth-order valence-corrected chi connectivity index (χ4v) is 3.28. The van der Waals surface area contributed by atoms with Crippen molar-refractivity contribution in [2.75, 3.05) is 5.32 Å². The van der Waals surface area contributed by atoms with Gasteiger partial charge in [-0.15, -0.1) is 0 Å². The van der Waals surface area contributed by atoms with Gasteiger partial charge in [-0.25, -0.2) is 18.9 Å². The molecule has 1 N–H and O–H groups in total.